The van der Waals surface area contributed by atoms with Crippen molar-refractivity contribution in [2.75, 3.05) is 44.4 Å². The van der Waals surface area contributed by atoms with E-state index in [0.717, 1.165) is 18.9 Å². The van der Waals surface area contributed by atoms with E-state index in [1.807, 2.05) is 14.1 Å². The number of nitrogens with zero attached hydrogens (tertiary/aromatic N) is 5. The highest BCUT2D eigenvalue weighted by Gasteiger charge is 2.29. The standard InChI is InChI=1S/C29H31F2N7O3/c1-32-20-9-19(30)23(31)21-22-25(38-7-5-6-15(12-38)36(2)3)17(11-33-27(22)35-24(20)21)14-8-16-26(39)18(29(40)41)13-37(4)28(16)34-10-14/h8-11,13,15,29,32,40-41H,5-7,12H2,1-4H3,(H,33,35)/t15-/m1/s1. The quantitative estimate of drug-likeness (QED) is 0.240. The Balaban J connectivity index is 1.70. The monoisotopic (exact) mass is 563 g/mol. The van der Waals surface area contributed by atoms with Gasteiger partial charge in [-0.05, 0) is 33.0 Å². The highest BCUT2D eigenvalue weighted by Crippen LogP contribution is 2.44. The summed E-state index contributed by atoms with van der Waals surface area (Å²) in [5.74, 6) is -1.95. The van der Waals surface area contributed by atoms with Crippen molar-refractivity contribution in [3.8, 4) is 11.1 Å². The Labute approximate surface area is 233 Å². The largest absolute Gasteiger partial charge is 0.386 e. The van der Waals surface area contributed by atoms with Crippen molar-refractivity contribution < 1.29 is 19.0 Å². The summed E-state index contributed by atoms with van der Waals surface area (Å²) in [4.78, 5) is 29.9. The lowest BCUT2D eigenvalue weighted by Crippen LogP contribution is -2.45. The topological polar surface area (TPSA) is 123 Å². The van der Waals surface area contributed by atoms with Crippen LogP contribution < -0.4 is 15.6 Å². The van der Waals surface area contributed by atoms with Gasteiger partial charge in [0, 0.05) is 69.0 Å². The van der Waals surface area contributed by atoms with E-state index in [1.54, 1.807) is 37.1 Å². The fraction of sp³-hybridized carbons (Fsp3) is 0.345. The van der Waals surface area contributed by atoms with E-state index in [9.17, 15) is 19.4 Å². The molecule has 1 aliphatic rings. The van der Waals surface area contributed by atoms with Gasteiger partial charge in [0.25, 0.3) is 0 Å². The molecule has 0 bridgehead atoms. The summed E-state index contributed by atoms with van der Waals surface area (Å²) in [6.07, 6.45) is 4.55. The molecule has 214 valence electrons. The number of anilines is 2. The van der Waals surface area contributed by atoms with Gasteiger partial charge in [0.15, 0.2) is 23.4 Å². The number of rotatable bonds is 5. The van der Waals surface area contributed by atoms with Crippen LogP contribution in [0.25, 0.3) is 44.1 Å². The molecule has 1 aliphatic heterocycles. The van der Waals surface area contributed by atoms with Gasteiger partial charge in [0.2, 0.25) is 0 Å². The van der Waals surface area contributed by atoms with Gasteiger partial charge in [-0.15, -0.1) is 0 Å². The van der Waals surface area contributed by atoms with Crippen molar-refractivity contribution in [3.63, 3.8) is 0 Å². The second kappa shape index (κ2) is 10.1. The Morgan fingerprint density at radius 1 is 1.17 bits per heavy atom. The van der Waals surface area contributed by atoms with Gasteiger partial charge in [-0.3, -0.25) is 4.79 Å². The average molecular weight is 564 g/mol. The number of aliphatic hydroxyl groups excluding tert-OH is 1. The molecule has 1 atom stereocenters. The van der Waals surface area contributed by atoms with Crippen molar-refractivity contribution >= 4 is 44.3 Å². The Kier molecular flexibility index (Phi) is 6.63. The minimum absolute atomic E-state index is 0.0935. The SMILES string of the molecule is CNc1cc(F)c(F)c2c1[nH]c1ncc(-c3cnc4c(c3)c(=O)c(C(O)O)cn4C)c(N3CCC[C@@H](N(C)C)C3)c12. The van der Waals surface area contributed by atoms with Crippen LogP contribution >= 0.6 is 0 Å². The molecule has 1 saturated heterocycles. The summed E-state index contributed by atoms with van der Waals surface area (Å²) in [7, 11) is 7.35. The fourth-order valence-corrected chi connectivity index (χ4v) is 5.98. The van der Waals surface area contributed by atoms with E-state index in [0.29, 0.717) is 57.8 Å². The lowest BCUT2D eigenvalue weighted by molar-refractivity contribution is -0.0435. The maximum Gasteiger partial charge on any atom is 0.199 e. The van der Waals surface area contributed by atoms with Crippen LogP contribution in [0.2, 0.25) is 0 Å². The third-order valence-electron chi connectivity index (χ3n) is 8.11. The predicted molar refractivity (Wildman–Crippen MR) is 155 cm³/mol. The number of halogens is 2. The molecule has 1 fully saturated rings. The van der Waals surface area contributed by atoms with Gasteiger partial charge < -0.3 is 34.9 Å². The lowest BCUT2D eigenvalue weighted by Gasteiger charge is -2.38. The molecule has 0 radical (unpaired) electrons. The minimum Gasteiger partial charge on any atom is -0.386 e. The predicted octanol–water partition coefficient (Wildman–Crippen LogP) is 3.46. The molecule has 5 heterocycles. The summed E-state index contributed by atoms with van der Waals surface area (Å²) < 4.78 is 32.0. The van der Waals surface area contributed by atoms with Crippen LogP contribution in [0.3, 0.4) is 0 Å². The summed E-state index contributed by atoms with van der Waals surface area (Å²) in [5.41, 5.74) is 2.64. The molecule has 4 N–H and O–H groups in total. The first-order chi connectivity index (χ1) is 19.6. The molecule has 1 aromatic carbocycles. The van der Waals surface area contributed by atoms with Gasteiger partial charge in [-0.1, -0.05) is 0 Å². The third kappa shape index (κ3) is 4.30. The second-order valence-corrected chi connectivity index (χ2v) is 10.8. The Morgan fingerprint density at radius 2 is 1.95 bits per heavy atom. The number of aliphatic hydroxyl groups is 2. The van der Waals surface area contributed by atoms with Gasteiger partial charge in [0.05, 0.1) is 38.6 Å². The maximum absolute atomic E-state index is 15.6. The molecule has 12 heteroatoms. The minimum atomic E-state index is -1.95. The van der Waals surface area contributed by atoms with Gasteiger partial charge in [0.1, 0.15) is 11.3 Å². The number of hydrogen-bond donors (Lipinski definition) is 4. The number of aromatic amines is 1. The highest BCUT2D eigenvalue weighted by molar-refractivity contribution is 6.18. The van der Waals surface area contributed by atoms with Crippen molar-refractivity contribution in [1.82, 2.24) is 24.4 Å². The fourth-order valence-electron chi connectivity index (χ4n) is 5.98. The zero-order chi connectivity index (χ0) is 29.2. The highest BCUT2D eigenvalue weighted by atomic mass is 19.2. The van der Waals surface area contributed by atoms with Gasteiger partial charge in [-0.25, -0.2) is 18.7 Å². The molecular formula is C29H31F2N7O3. The van der Waals surface area contributed by atoms with Crippen LogP contribution in [0.4, 0.5) is 20.2 Å². The zero-order valence-corrected chi connectivity index (χ0v) is 23.2. The van der Waals surface area contributed by atoms with Crippen molar-refractivity contribution in [2.45, 2.75) is 25.2 Å². The van der Waals surface area contributed by atoms with E-state index in [-0.39, 0.29) is 22.4 Å². The number of benzene rings is 1. The van der Waals surface area contributed by atoms with Crippen molar-refractivity contribution in [1.29, 1.82) is 0 Å². The Bertz CT molecular complexity index is 1880. The molecule has 41 heavy (non-hydrogen) atoms. The van der Waals surface area contributed by atoms with Crippen LogP contribution in [0.5, 0.6) is 0 Å². The molecule has 0 aliphatic carbocycles. The van der Waals surface area contributed by atoms with Crippen LogP contribution in [-0.4, -0.2) is 74.9 Å². The average Bonchev–Trinajstić information content (AvgIpc) is 3.36. The summed E-state index contributed by atoms with van der Waals surface area (Å²) in [6.45, 7) is 1.33. The van der Waals surface area contributed by atoms with E-state index in [4.69, 9.17) is 0 Å². The Hall–Kier alpha value is -4.13. The summed E-state index contributed by atoms with van der Waals surface area (Å²) in [6, 6.07) is 2.99. The number of likely N-dealkylation sites (N-methyl/N-ethyl adjacent to an activating group) is 1. The van der Waals surface area contributed by atoms with Crippen LogP contribution in [0.1, 0.15) is 24.7 Å². The second-order valence-electron chi connectivity index (χ2n) is 10.8. The molecule has 0 spiro atoms. The van der Waals surface area contributed by atoms with Crippen molar-refractivity contribution in [2.24, 2.45) is 7.05 Å². The number of aromatic nitrogens is 4. The number of hydrogen-bond acceptors (Lipinski definition) is 8. The summed E-state index contributed by atoms with van der Waals surface area (Å²) in [5, 5.41) is 23.2. The van der Waals surface area contributed by atoms with E-state index in [2.05, 4.69) is 30.1 Å². The molecule has 0 unspecified atom stereocenters. The summed E-state index contributed by atoms with van der Waals surface area (Å²) >= 11 is 0. The van der Waals surface area contributed by atoms with Gasteiger partial charge >= 0.3 is 0 Å². The number of pyridine rings is 3. The molecule has 4 aromatic heterocycles. The number of piperidine rings is 1. The van der Waals surface area contributed by atoms with E-state index < -0.39 is 23.4 Å². The molecule has 10 nitrogen and oxygen atoms in total. The third-order valence-corrected chi connectivity index (χ3v) is 8.11. The lowest BCUT2D eigenvalue weighted by atomic mass is 9.98. The number of H-pyrrole nitrogens is 1. The normalized spacial score (nSPS) is 16.1. The molecule has 0 amide bonds. The number of fused-ring (bicyclic) bond motifs is 4. The number of aryl methyl sites for hydroxylation is 1. The zero-order valence-electron chi connectivity index (χ0n) is 23.2. The molecule has 5 aromatic rings. The molecule has 0 saturated carbocycles. The van der Waals surface area contributed by atoms with E-state index in [1.165, 1.54) is 6.20 Å². The van der Waals surface area contributed by atoms with Crippen LogP contribution in [-0.2, 0) is 7.05 Å². The van der Waals surface area contributed by atoms with E-state index >= 15 is 4.39 Å². The van der Waals surface area contributed by atoms with Crippen LogP contribution in [0, 0.1) is 11.6 Å². The maximum atomic E-state index is 15.6. The number of nitrogens with one attached hydrogen (secondary N) is 2. The smallest absolute Gasteiger partial charge is 0.199 e. The van der Waals surface area contributed by atoms with Gasteiger partial charge in [-0.2, -0.15) is 0 Å². The molecule has 6 rings (SSSR count). The van der Waals surface area contributed by atoms with Crippen molar-refractivity contribution in [3.05, 3.63) is 58.1 Å². The first kappa shape index (κ1) is 27.1. The Morgan fingerprint density at radius 3 is 2.66 bits per heavy atom. The molecular weight excluding hydrogens is 532 g/mol. The van der Waals surface area contributed by atoms with Crippen LogP contribution in [0.15, 0.2) is 35.5 Å². The first-order valence-electron chi connectivity index (χ1n) is 13.4. The first-order valence-corrected chi connectivity index (χ1v) is 13.4.